The van der Waals surface area contributed by atoms with Crippen LogP contribution < -0.4 is 4.74 Å². The lowest BCUT2D eigenvalue weighted by molar-refractivity contribution is 0.320. The number of rotatable bonds is 2. The molecule has 2 nitrogen and oxygen atoms in total. The topological polar surface area (TPSA) is 26.3 Å². The lowest BCUT2D eigenvalue weighted by atomic mass is 10.2. The van der Waals surface area contributed by atoms with Crippen molar-refractivity contribution in [3.05, 3.63) is 29.8 Å². The van der Waals surface area contributed by atoms with Crippen molar-refractivity contribution < 1.29 is 9.53 Å². The van der Waals surface area contributed by atoms with Crippen LogP contribution in [0.5, 0.6) is 5.75 Å². The van der Waals surface area contributed by atoms with Crippen molar-refractivity contribution in [2.75, 3.05) is 0 Å². The maximum atomic E-state index is 10.2. The smallest absolute Gasteiger partial charge is 0.338 e. The summed E-state index contributed by atoms with van der Waals surface area (Å²) in [5.74, 6) is 0.374. The third-order valence-electron chi connectivity index (χ3n) is 1.21. The molecule has 5 heteroatoms. The van der Waals surface area contributed by atoms with Gasteiger partial charge in [-0.05, 0) is 59.1 Å². The second-order valence-corrected chi connectivity index (χ2v) is 4.35. The van der Waals surface area contributed by atoms with Crippen molar-refractivity contribution in [2.24, 2.45) is 0 Å². The Hall–Kier alpha value is -0.440. The maximum absolute atomic E-state index is 10.2. The summed E-state index contributed by atoms with van der Waals surface area (Å²) in [5, 5.41) is 0. The van der Waals surface area contributed by atoms with Crippen LogP contribution in [0.15, 0.2) is 24.3 Å². The molecule has 0 aliphatic heterocycles. The van der Waals surface area contributed by atoms with E-state index in [2.05, 4.69) is 0 Å². The van der Waals surface area contributed by atoms with E-state index in [1.54, 1.807) is 6.29 Å². The highest BCUT2D eigenvalue weighted by atomic mass is 35.6. The van der Waals surface area contributed by atoms with Gasteiger partial charge in [0.1, 0.15) is 5.75 Å². The average Bonchev–Trinajstić information content (AvgIpc) is 2.03. The standard InChI is InChI=1S/C8H4Cl3O2/c9-8(10,11)13-7-3-1-6(5-12)2-4-7/h1-4H. The van der Waals surface area contributed by atoms with Crippen molar-refractivity contribution >= 4 is 41.1 Å². The predicted molar refractivity (Wildman–Crippen MR) is 52.2 cm³/mol. The molecule has 1 rings (SSSR count). The summed E-state index contributed by atoms with van der Waals surface area (Å²) in [6, 6.07) is 6.06. The second kappa shape index (κ2) is 4.18. The number of alkyl halides is 3. The fraction of sp³-hybridized carbons (Fsp3) is 0.125. The largest absolute Gasteiger partial charge is 0.446 e. The molecular formula is C8H4Cl3O2. The van der Waals surface area contributed by atoms with Crippen LogP contribution in [0.4, 0.5) is 0 Å². The van der Waals surface area contributed by atoms with Crippen LogP contribution in [0.3, 0.4) is 0 Å². The lowest BCUT2D eigenvalue weighted by Crippen LogP contribution is -2.12. The predicted octanol–water partition coefficient (Wildman–Crippen LogP) is 2.85. The van der Waals surface area contributed by atoms with E-state index < -0.39 is 3.98 Å². The van der Waals surface area contributed by atoms with Gasteiger partial charge in [0.2, 0.25) is 6.29 Å². The van der Waals surface area contributed by atoms with Gasteiger partial charge in [0.05, 0.1) is 0 Å². The van der Waals surface area contributed by atoms with Gasteiger partial charge in [-0.3, -0.25) is 4.79 Å². The van der Waals surface area contributed by atoms with E-state index in [1.807, 2.05) is 0 Å². The Bertz CT molecular complexity index is 289. The van der Waals surface area contributed by atoms with E-state index in [-0.39, 0.29) is 0 Å². The van der Waals surface area contributed by atoms with Gasteiger partial charge in [0.15, 0.2) is 0 Å². The number of benzene rings is 1. The molecule has 0 amide bonds. The van der Waals surface area contributed by atoms with Crippen molar-refractivity contribution in [2.45, 2.75) is 3.98 Å². The Morgan fingerprint density at radius 1 is 1.15 bits per heavy atom. The molecule has 13 heavy (non-hydrogen) atoms. The molecule has 1 aromatic carbocycles. The van der Waals surface area contributed by atoms with Crippen LogP contribution in [-0.2, 0) is 4.79 Å². The van der Waals surface area contributed by atoms with Crippen molar-refractivity contribution in [1.82, 2.24) is 0 Å². The van der Waals surface area contributed by atoms with E-state index in [9.17, 15) is 4.79 Å². The molecule has 1 radical (unpaired) electrons. The zero-order valence-corrected chi connectivity index (χ0v) is 8.53. The third kappa shape index (κ3) is 3.85. The van der Waals surface area contributed by atoms with E-state index in [4.69, 9.17) is 39.5 Å². The van der Waals surface area contributed by atoms with Crippen LogP contribution in [0, 0.1) is 0 Å². The summed E-state index contributed by atoms with van der Waals surface area (Å²) >= 11 is 16.1. The lowest BCUT2D eigenvalue weighted by Gasteiger charge is -2.13. The number of carbonyl (C=O) groups excluding carboxylic acids is 1. The van der Waals surface area contributed by atoms with Gasteiger partial charge in [-0.2, -0.15) is 0 Å². The van der Waals surface area contributed by atoms with Crippen molar-refractivity contribution in [1.29, 1.82) is 0 Å². The van der Waals surface area contributed by atoms with Crippen LogP contribution in [0.1, 0.15) is 5.56 Å². The van der Waals surface area contributed by atoms with E-state index in [0.29, 0.717) is 11.3 Å². The monoisotopic (exact) mass is 237 g/mol. The molecule has 0 saturated heterocycles. The van der Waals surface area contributed by atoms with E-state index >= 15 is 0 Å². The molecule has 0 unspecified atom stereocenters. The van der Waals surface area contributed by atoms with E-state index in [1.165, 1.54) is 24.3 Å². The Morgan fingerprint density at radius 2 is 1.69 bits per heavy atom. The van der Waals surface area contributed by atoms with Gasteiger partial charge in [0.25, 0.3) is 0 Å². The average molecular weight is 238 g/mol. The molecule has 0 aliphatic rings. The van der Waals surface area contributed by atoms with Gasteiger partial charge >= 0.3 is 3.98 Å². The summed E-state index contributed by atoms with van der Waals surface area (Å²) in [6.45, 7) is 0. The highest BCUT2D eigenvalue weighted by molar-refractivity contribution is 6.66. The molecule has 0 aliphatic carbocycles. The van der Waals surface area contributed by atoms with Crippen molar-refractivity contribution in [3.8, 4) is 5.75 Å². The fourth-order valence-corrected chi connectivity index (χ4v) is 0.992. The highest BCUT2D eigenvalue weighted by Crippen LogP contribution is 2.29. The molecule has 0 aromatic heterocycles. The molecule has 0 bridgehead atoms. The van der Waals surface area contributed by atoms with Gasteiger partial charge < -0.3 is 4.74 Å². The van der Waals surface area contributed by atoms with Crippen LogP contribution >= 0.6 is 34.8 Å². The Kier molecular flexibility index (Phi) is 3.42. The maximum Gasteiger partial charge on any atom is 0.338 e. The first-order valence-corrected chi connectivity index (χ1v) is 4.38. The Morgan fingerprint density at radius 3 is 2.08 bits per heavy atom. The number of hydrogen-bond donors (Lipinski definition) is 0. The normalized spacial score (nSPS) is 11.0. The molecule has 0 N–H and O–H groups in total. The molecule has 0 heterocycles. The fourth-order valence-electron chi connectivity index (χ4n) is 0.725. The van der Waals surface area contributed by atoms with Crippen LogP contribution in [-0.4, -0.2) is 10.3 Å². The minimum Gasteiger partial charge on any atom is -0.446 e. The molecule has 0 saturated carbocycles. The molecule has 1 aromatic rings. The van der Waals surface area contributed by atoms with Crippen molar-refractivity contribution in [3.63, 3.8) is 0 Å². The summed E-state index contributed by atoms with van der Waals surface area (Å²) in [5.41, 5.74) is 0.414. The van der Waals surface area contributed by atoms with E-state index in [0.717, 1.165) is 0 Å². The molecule has 0 atom stereocenters. The second-order valence-electron chi connectivity index (χ2n) is 2.17. The molecule has 0 spiro atoms. The minimum absolute atomic E-state index is 0.374. The number of ether oxygens (including phenoxy) is 1. The first-order valence-electron chi connectivity index (χ1n) is 3.25. The third-order valence-corrected chi connectivity index (χ3v) is 1.44. The van der Waals surface area contributed by atoms with Crippen LogP contribution in [0.2, 0.25) is 0 Å². The molecule has 69 valence electrons. The Labute approximate surface area is 90.3 Å². The number of hydrogen-bond acceptors (Lipinski definition) is 2. The van der Waals surface area contributed by atoms with Gasteiger partial charge in [-0.15, -0.1) is 0 Å². The summed E-state index contributed by atoms with van der Waals surface area (Å²) in [4.78, 5) is 10.2. The SMILES string of the molecule is O=[C]c1ccc(OC(Cl)(Cl)Cl)cc1. The highest BCUT2D eigenvalue weighted by Gasteiger charge is 2.21. The van der Waals surface area contributed by atoms with Gasteiger partial charge in [0, 0.05) is 5.56 Å². The summed E-state index contributed by atoms with van der Waals surface area (Å²) in [7, 11) is 0. The summed E-state index contributed by atoms with van der Waals surface area (Å²) in [6.07, 6.45) is 1.71. The summed E-state index contributed by atoms with van der Waals surface area (Å²) < 4.78 is 3.08. The molecular weight excluding hydrogens is 234 g/mol. The van der Waals surface area contributed by atoms with Gasteiger partial charge in [-0.1, -0.05) is 0 Å². The molecule has 0 fully saturated rings. The number of halogens is 3. The zero-order chi connectivity index (χ0) is 9.90. The Balaban J connectivity index is 2.75. The first kappa shape index (κ1) is 10.6. The van der Waals surface area contributed by atoms with Crippen LogP contribution in [0.25, 0.3) is 0 Å². The van der Waals surface area contributed by atoms with Gasteiger partial charge in [-0.25, -0.2) is 0 Å². The quantitative estimate of drug-likeness (QED) is 0.741. The minimum atomic E-state index is -1.79. The first-order chi connectivity index (χ1) is 6.01. The zero-order valence-electron chi connectivity index (χ0n) is 6.26.